The summed E-state index contributed by atoms with van der Waals surface area (Å²) in [5.74, 6) is 0.925. The second kappa shape index (κ2) is 3.23. The Bertz CT molecular complexity index is 193. The summed E-state index contributed by atoms with van der Waals surface area (Å²) in [6.07, 6.45) is 2.76. The van der Waals surface area contributed by atoms with Crippen LogP contribution in [-0.4, -0.2) is 49.8 Å². The quantitative estimate of drug-likeness (QED) is 0.654. The Labute approximate surface area is 79.4 Å². The number of hydrogen-bond acceptors (Lipinski definition) is 3. The van der Waals surface area contributed by atoms with E-state index in [4.69, 9.17) is 4.74 Å². The zero-order chi connectivity index (χ0) is 8.67. The molecule has 0 aromatic rings. The first-order chi connectivity index (χ1) is 6.42. The third-order valence-electron chi connectivity index (χ3n) is 3.72. The lowest BCUT2D eigenvalue weighted by Gasteiger charge is -2.37. The standard InChI is InChI=1S/C10H18N2O/c1-3-12-4-2-10(8(1)5-12)11-9-6-13-7-9/h8-11H,1-7H2. The van der Waals surface area contributed by atoms with Crippen molar-refractivity contribution < 1.29 is 4.74 Å². The Hall–Kier alpha value is -0.120. The minimum atomic E-state index is 0.664. The third-order valence-corrected chi connectivity index (χ3v) is 3.72. The van der Waals surface area contributed by atoms with Crippen molar-refractivity contribution in [3.05, 3.63) is 0 Å². The summed E-state index contributed by atoms with van der Waals surface area (Å²) in [6, 6.07) is 1.45. The summed E-state index contributed by atoms with van der Waals surface area (Å²) in [7, 11) is 0. The van der Waals surface area contributed by atoms with E-state index in [1.54, 1.807) is 0 Å². The van der Waals surface area contributed by atoms with Gasteiger partial charge in [0.2, 0.25) is 0 Å². The Morgan fingerprint density at radius 3 is 2.77 bits per heavy atom. The molecular weight excluding hydrogens is 164 g/mol. The van der Waals surface area contributed by atoms with E-state index >= 15 is 0 Å². The molecule has 0 spiro atoms. The van der Waals surface area contributed by atoms with Crippen molar-refractivity contribution in [2.45, 2.75) is 24.9 Å². The summed E-state index contributed by atoms with van der Waals surface area (Å²) in [5, 5.41) is 3.73. The van der Waals surface area contributed by atoms with E-state index in [1.165, 1.54) is 32.5 Å². The number of piperidine rings is 1. The summed E-state index contributed by atoms with van der Waals surface area (Å²) in [4.78, 5) is 2.60. The highest BCUT2D eigenvalue weighted by atomic mass is 16.5. The van der Waals surface area contributed by atoms with Crippen molar-refractivity contribution in [2.24, 2.45) is 5.92 Å². The van der Waals surface area contributed by atoms with Crippen LogP contribution in [0.1, 0.15) is 12.8 Å². The van der Waals surface area contributed by atoms with Gasteiger partial charge in [-0.1, -0.05) is 0 Å². The molecule has 3 heterocycles. The smallest absolute Gasteiger partial charge is 0.0643 e. The molecule has 13 heavy (non-hydrogen) atoms. The van der Waals surface area contributed by atoms with Crippen molar-refractivity contribution in [1.82, 2.24) is 10.2 Å². The number of hydrogen-bond donors (Lipinski definition) is 1. The van der Waals surface area contributed by atoms with Gasteiger partial charge in [0.25, 0.3) is 0 Å². The molecule has 0 aromatic heterocycles. The van der Waals surface area contributed by atoms with Crippen molar-refractivity contribution in [3.8, 4) is 0 Å². The molecule has 3 aliphatic heterocycles. The fourth-order valence-electron chi connectivity index (χ4n) is 2.81. The van der Waals surface area contributed by atoms with E-state index in [1.807, 2.05) is 0 Å². The van der Waals surface area contributed by atoms with Gasteiger partial charge in [0.05, 0.1) is 19.3 Å². The largest absolute Gasteiger partial charge is 0.378 e. The molecule has 74 valence electrons. The van der Waals surface area contributed by atoms with Gasteiger partial charge in [-0.15, -0.1) is 0 Å². The number of fused-ring (bicyclic) bond motifs is 2. The lowest BCUT2D eigenvalue weighted by Crippen LogP contribution is -2.54. The molecule has 0 saturated carbocycles. The Balaban J connectivity index is 1.57. The monoisotopic (exact) mass is 182 g/mol. The minimum Gasteiger partial charge on any atom is -0.378 e. The van der Waals surface area contributed by atoms with Gasteiger partial charge < -0.3 is 15.0 Å². The van der Waals surface area contributed by atoms with Crippen molar-refractivity contribution in [3.63, 3.8) is 0 Å². The minimum absolute atomic E-state index is 0.664. The lowest BCUT2D eigenvalue weighted by molar-refractivity contribution is -0.0154. The molecular formula is C10H18N2O. The van der Waals surface area contributed by atoms with Gasteiger partial charge in [0.1, 0.15) is 0 Å². The van der Waals surface area contributed by atoms with Crippen molar-refractivity contribution >= 4 is 0 Å². The van der Waals surface area contributed by atoms with Crippen LogP contribution in [-0.2, 0) is 4.74 Å². The lowest BCUT2D eigenvalue weighted by atomic mass is 9.93. The summed E-state index contributed by atoms with van der Waals surface area (Å²) in [5.41, 5.74) is 0. The second-order valence-electron chi connectivity index (χ2n) is 4.65. The molecule has 3 atom stereocenters. The van der Waals surface area contributed by atoms with Gasteiger partial charge in [-0.05, 0) is 31.8 Å². The van der Waals surface area contributed by atoms with Gasteiger partial charge in [-0.25, -0.2) is 0 Å². The van der Waals surface area contributed by atoms with E-state index in [0.29, 0.717) is 6.04 Å². The van der Waals surface area contributed by atoms with Crippen LogP contribution in [0.3, 0.4) is 0 Å². The first-order valence-electron chi connectivity index (χ1n) is 5.48. The Morgan fingerprint density at radius 1 is 1.15 bits per heavy atom. The zero-order valence-electron chi connectivity index (χ0n) is 8.04. The van der Waals surface area contributed by atoms with E-state index in [9.17, 15) is 0 Å². The highest BCUT2D eigenvalue weighted by Crippen LogP contribution is 2.27. The van der Waals surface area contributed by atoms with Crippen LogP contribution in [0.15, 0.2) is 0 Å². The summed E-state index contributed by atoms with van der Waals surface area (Å²) < 4.78 is 5.18. The normalized spacial score (nSPS) is 44.8. The molecule has 3 fully saturated rings. The summed E-state index contributed by atoms with van der Waals surface area (Å²) >= 11 is 0. The van der Waals surface area contributed by atoms with E-state index in [2.05, 4.69) is 10.2 Å². The van der Waals surface area contributed by atoms with Gasteiger partial charge >= 0.3 is 0 Å². The molecule has 3 unspecified atom stereocenters. The van der Waals surface area contributed by atoms with Gasteiger partial charge in [0.15, 0.2) is 0 Å². The maximum absolute atomic E-state index is 5.18. The zero-order valence-corrected chi connectivity index (χ0v) is 8.04. The van der Waals surface area contributed by atoms with Gasteiger partial charge in [0, 0.05) is 12.6 Å². The first kappa shape index (κ1) is 8.21. The van der Waals surface area contributed by atoms with Crippen LogP contribution in [0, 0.1) is 5.92 Å². The molecule has 3 saturated heterocycles. The van der Waals surface area contributed by atoms with Gasteiger partial charge in [-0.2, -0.15) is 0 Å². The number of nitrogens with zero attached hydrogens (tertiary/aromatic N) is 1. The van der Waals surface area contributed by atoms with Crippen LogP contribution < -0.4 is 5.32 Å². The number of ether oxygens (including phenoxy) is 1. The highest BCUT2D eigenvalue weighted by molar-refractivity contribution is 4.93. The predicted octanol–water partition coefficient (Wildman–Crippen LogP) is 0.0690. The molecule has 0 aromatic carbocycles. The van der Waals surface area contributed by atoms with E-state index in [-0.39, 0.29) is 0 Å². The maximum atomic E-state index is 5.18. The van der Waals surface area contributed by atoms with Crippen LogP contribution in [0.2, 0.25) is 0 Å². The maximum Gasteiger partial charge on any atom is 0.0643 e. The van der Waals surface area contributed by atoms with E-state index < -0.39 is 0 Å². The average Bonchev–Trinajstić information content (AvgIpc) is 2.45. The van der Waals surface area contributed by atoms with Crippen LogP contribution in [0.5, 0.6) is 0 Å². The van der Waals surface area contributed by atoms with Crippen molar-refractivity contribution in [1.29, 1.82) is 0 Å². The molecule has 3 aliphatic rings. The molecule has 0 radical (unpaired) electrons. The number of rotatable bonds is 2. The molecule has 2 bridgehead atoms. The topological polar surface area (TPSA) is 24.5 Å². The van der Waals surface area contributed by atoms with Gasteiger partial charge in [-0.3, -0.25) is 0 Å². The summed E-state index contributed by atoms with van der Waals surface area (Å²) in [6.45, 7) is 5.86. The third kappa shape index (κ3) is 1.49. The second-order valence-corrected chi connectivity index (χ2v) is 4.65. The Kier molecular flexibility index (Phi) is 2.04. The molecule has 1 N–H and O–H groups in total. The molecule has 0 aliphatic carbocycles. The average molecular weight is 182 g/mol. The molecule has 0 amide bonds. The Morgan fingerprint density at radius 2 is 2.00 bits per heavy atom. The van der Waals surface area contributed by atoms with Crippen molar-refractivity contribution in [2.75, 3.05) is 32.8 Å². The van der Waals surface area contributed by atoms with E-state index in [0.717, 1.165) is 25.2 Å². The predicted molar refractivity (Wildman–Crippen MR) is 50.7 cm³/mol. The first-order valence-corrected chi connectivity index (χ1v) is 5.48. The SMILES string of the molecule is C1OCC1NC1CCN2CCC1C2. The molecule has 3 heteroatoms. The molecule has 3 nitrogen and oxygen atoms in total. The molecule has 3 rings (SSSR count). The van der Waals surface area contributed by atoms with Crippen LogP contribution in [0.25, 0.3) is 0 Å². The highest BCUT2D eigenvalue weighted by Gasteiger charge is 2.35. The fourth-order valence-corrected chi connectivity index (χ4v) is 2.81. The van der Waals surface area contributed by atoms with Crippen LogP contribution >= 0.6 is 0 Å². The fraction of sp³-hybridized carbons (Fsp3) is 1.00. The number of nitrogens with one attached hydrogen (secondary N) is 1. The van der Waals surface area contributed by atoms with Crippen LogP contribution in [0.4, 0.5) is 0 Å².